The van der Waals surface area contributed by atoms with Crippen molar-refractivity contribution < 1.29 is 18.9 Å². The highest BCUT2D eigenvalue weighted by Gasteiger charge is 2.23. The van der Waals surface area contributed by atoms with E-state index in [0.717, 1.165) is 65.7 Å². The summed E-state index contributed by atoms with van der Waals surface area (Å²) in [7, 11) is 14.8. The lowest BCUT2D eigenvalue weighted by Crippen LogP contribution is -2.26. The van der Waals surface area contributed by atoms with E-state index in [-0.39, 0.29) is 0 Å². The molecule has 0 saturated heterocycles. The molecular formula is C44H44N4O4S4. The molecule has 6 aromatic carbocycles. The highest BCUT2D eigenvalue weighted by atomic mass is 32.1. The Morgan fingerprint density at radius 2 is 0.571 bits per heavy atom. The number of hydrogen-bond acceptors (Lipinski definition) is 8. The van der Waals surface area contributed by atoms with Crippen LogP contribution in [0.2, 0.25) is 0 Å². The van der Waals surface area contributed by atoms with E-state index in [4.69, 9.17) is 67.8 Å². The molecule has 0 fully saturated rings. The molecule has 0 aliphatic carbocycles. The molecule has 6 rings (SSSR count). The van der Waals surface area contributed by atoms with Gasteiger partial charge in [0.1, 0.15) is 23.0 Å². The van der Waals surface area contributed by atoms with Crippen molar-refractivity contribution in [3.8, 4) is 45.3 Å². The van der Waals surface area contributed by atoms with Crippen LogP contribution in [-0.2, 0) is 0 Å². The molecule has 6 aromatic rings. The third kappa shape index (κ3) is 8.79. The maximum absolute atomic E-state index is 6.50. The van der Waals surface area contributed by atoms with Gasteiger partial charge in [0.2, 0.25) is 0 Å². The third-order valence-corrected chi connectivity index (χ3v) is 10.8. The Labute approximate surface area is 350 Å². The first-order valence-electron chi connectivity index (χ1n) is 17.8. The predicted molar refractivity (Wildman–Crippen MR) is 247 cm³/mol. The molecule has 0 saturated carbocycles. The molecule has 288 valence electrons. The molecule has 0 atom stereocenters. The van der Waals surface area contributed by atoms with Crippen molar-refractivity contribution in [1.82, 2.24) is 19.6 Å². The van der Waals surface area contributed by atoms with Crippen molar-refractivity contribution in [2.45, 2.75) is 13.8 Å². The number of ether oxygens (including phenoxy) is 4. The van der Waals surface area contributed by atoms with Crippen molar-refractivity contribution in [3.63, 3.8) is 0 Å². The second-order valence-corrected chi connectivity index (χ2v) is 15.9. The highest BCUT2D eigenvalue weighted by molar-refractivity contribution is 7.80. The minimum atomic E-state index is 0.294. The van der Waals surface area contributed by atoms with Crippen LogP contribution >= 0.6 is 48.9 Å². The first-order valence-corrected chi connectivity index (χ1v) is 19.4. The Kier molecular flexibility index (Phi) is 12.0. The molecule has 0 bridgehead atoms. The Hall–Kier alpha value is -5.14. The molecule has 0 N–H and O–H groups in total. The molecule has 0 amide bonds. The minimum Gasteiger partial charge on any atom is -0.431 e. The van der Waals surface area contributed by atoms with Crippen LogP contribution in [0, 0.1) is 13.8 Å². The van der Waals surface area contributed by atoms with E-state index in [0.29, 0.717) is 43.7 Å². The van der Waals surface area contributed by atoms with E-state index >= 15 is 0 Å². The molecule has 0 unspecified atom stereocenters. The molecule has 0 radical (unpaired) electrons. The first-order chi connectivity index (χ1) is 26.5. The zero-order valence-electron chi connectivity index (χ0n) is 33.1. The zero-order chi connectivity index (χ0) is 40.6. The summed E-state index contributed by atoms with van der Waals surface area (Å²) in [5.74, 6) is 2.22. The van der Waals surface area contributed by atoms with Crippen LogP contribution in [0.1, 0.15) is 11.1 Å². The largest absolute Gasteiger partial charge is 0.431 e. The van der Waals surface area contributed by atoms with Gasteiger partial charge in [-0.2, -0.15) is 0 Å². The third-order valence-electron chi connectivity index (χ3n) is 9.06. The van der Waals surface area contributed by atoms with Crippen LogP contribution < -0.4 is 18.9 Å². The molecule has 0 aliphatic heterocycles. The fourth-order valence-corrected chi connectivity index (χ4v) is 6.38. The summed E-state index contributed by atoms with van der Waals surface area (Å²) in [4.78, 5) is 7.02. The summed E-state index contributed by atoms with van der Waals surface area (Å²) in [5, 5.41) is 7.04. The SMILES string of the molecule is Cc1ccc2cc(-c3cc4cc(OC(=S)N(C)C)c(-c5cc6ccc(C)cc6cc5OC(=S)N(C)C)cc4cc3OC(=S)N(C)C)c(OC(=S)N(C)C)cc2c1. The summed E-state index contributed by atoms with van der Waals surface area (Å²) in [5.41, 5.74) is 5.31. The van der Waals surface area contributed by atoms with Gasteiger partial charge in [0.25, 0.3) is 20.7 Å². The topological polar surface area (TPSA) is 49.9 Å². The number of benzene rings is 6. The molecule has 8 nitrogen and oxygen atoms in total. The Morgan fingerprint density at radius 1 is 0.339 bits per heavy atom. The Morgan fingerprint density at radius 3 is 0.821 bits per heavy atom. The fraction of sp³-hybridized carbons (Fsp3) is 0.227. The zero-order valence-corrected chi connectivity index (χ0v) is 36.4. The lowest BCUT2D eigenvalue weighted by Gasteiger charge is -2.23. The number of aryl methyl sites for hydroxylation is 2. The van der Waals surface area contributed by atoms with E-state index in [1.165, 1.54) is 0 Å². The number of thiocarbonyl (C=S) groups is 4. The Bertz CT molecular complexity index is 2390. The summed E-state index contributed by atoms with van der Waals surface area (Å²) in [6, 6.07) is 28.9. The summed E-state index contributed by atoms with van der Waals surface area (Å²) in [6.45, 7) is 4.13. The van der Waals surface area contributed by atoms with Gasteiger partial charge in [-0.05, 0) is 144 Å². The van der Waals surface area contributed by atoms with Gasteiger partial charge in [-0.25, -0.2) is 0 Å². The van der Waals surface area contributed by atoms with Crippen LogP contribution in [0.15, 0.2) is 84.9 Å². The lowest BCUT2D eigenvalue weighted by atomic mass is 9.93. The van der Waals surface area contributed by atoms with E-state index < -0.39 is 0 Å². The van der Waals surface area contributed by atoms with Crippen LogP contribution in [-0.4, -0.2) is 96.7 Å². The van der Waals surface area contributed by atoms with Gasteiger partial charge in [-0.1, -0.05) is 47.5 Å². The van der Waals surface area contributed by atoms with Gasteiger partial charge in [-0.15, -0.1) is 0 Å². The molecular weight excluding hydrogens is 777 g/mol. The number of nitrogens with zero attached hydrogens (tertiary/aromatic N) is 4. The lowest BCUT2D eigenvalue weighted by molar-refractivity contribution is 0.446. The van der Waals surface area contributed by atoms with Crippen molar-refractivity contribution in [2.75, 3.05) is 56.4 Å². The maximum atomic E-state index is 6.50. The average Bonchev–Trinajstić information content (AvgIpc) is 3.13. The van der Waals surface area contributed by atoms with Gasteiger partial charge in [0.15, 0.2) is 0 Å². The number of rotatable bonds is 6. The molecule has 12 heteroatoms. The van der Waals surface area contributed by atoms with E-state index in [2.05, 4.69) is 74.5 Å². The normalized spacial score (nSPS) is 11.0. The molecule has 0 aliphatic rings. The molecule has 0 heterocycles. The summed E-state index contributed by atoms with van der Waals surface area (Å²) in [6.07, 6.45) is 0. The summed E-state index contributed by atoms with van der Waals surface area (Å²) >= 11 is 22.7. The van der Waals surface area contributed by atoms with E-state index in [1.807, 2.05) is 80.6 Å². The standard InChI is InChI=1S/C44H44N4O4S4/c1-25-11-13-27-17-33(37(21-29(27)15-25)49-41(53)45(3)4)35-19-31-24-40(52-44(56)48(9)10)36(20-32(31)23-39(35)51-43(55)47(7)8)34-18-28-14-12-26(2)16-30(28)22-38(34)50-42(54)46(5)6/h11-24H,1-10H3. The first kappa shape index (κ1) is 40.5. The Balaban J connectivity index is 1.67. The number of hydrogen-bond donors (Lipinski definition) is 0. The van der Waals surface area contributed by atoms with Gasteiger partial charge in [0.05, 0.1) is 0 Å². The summed E-state index contributed by atoms with van der Waals surface area (Å²) < 4.78 is 25.8. The molecule has 56 heavy (non-hydrogen) atoms. The minimum absolute atomic E-state index is 0.294. The van der Waals surface area contributed by atoms with Crippen molar-refractivity contribution >= 4 is 102 Å². The van der Waals surface area contributed by atoms with Crippen LogP contribution in [0.4, 0.5) is 0 Å². The number of fused-ring (bicyclic) bond motifs is 3. The van der Waals surface area contributed by atoms with Gasteiger partial charge >= 0.3 is 0 Å². The molecule has 0 spiro atoms. The fourth-order valence-electron chi connectivity index (χ4n) is 6.02. The predicted octanol–water partition coefficient (Wildman–Crippen LogP) is 10.00. The van der Waals surface area contributed by atoms with Gasteiger partial charge in [-0.3, -0.25) is 0 Å². The molecule has 0 aromatic heterocycles. The maximum Gasteiger partial charge on any atom is 0.264 e. The monoisotopic (exact) mass is 820 g/mol. The van der Waals surface area contributed by atoms with Crippen molar-refractivity contribution in [2.24, 2.45) is 0 Å². The van der Waals surface area contributed by atoms with Gasteiger partial charge in [0, 0.05) is 78.6 Å². The van der Waals surface area contributed by atoms with Crippen molar-refractivity contribution in [1.29, 1.82) is 0 Å². The van der Waals surface area contributed by atoms with Crippen molar-refractivity contribution in [3.05, 3.63) is 96.1 Å². The van der Waals surface area contributed by atoms with Crippen LogP contribution in [0.25, 0.3) is 54.6 Å². The quantitative estimate of drug-likeness (QED) is 0.150. The average molecular weight is 821 g/mol. The van der Waals surface area contributed by atoms with E-state index in [1.54, 1.807) is 19.6 Å². The highest BCUT2D eigenvalue weighted by Crippen LogP contribution is 2.46. The second kappa shape index (κ2) is 16.5. The van der Waals surface area contributed by atoms with E-state index in [9.17, 15) is 0 Å². The van der Waals surface area contributed by atoms with Crippen LogP contribution in [0.3, 0.4) is 0 Å². The van der Waals surface area contributed by atoms with Gasteiger partial charge < -0.3 is 38.5 Å². The second-order valence-electron chi connectivity index (χ2n) is 14.5. The smallest absolute Gasteiger partial charge is 0.264 e. The van der Waals surface area contributed by atoms with Crippen LogP contribution in [0.5, 0.6) is 23.0 Å².